The first-order valence-corrected chi connectivity index (χ1v) is 9.60. The number of benzene rings is 1. The molecule has 0 fully saturated rings. The van der Waals surface area contributed by atoms with Crippen LogP contribution in [0.25, 0.3) is 0 Å². The Morgan fingerprint density at radius 2 is 2.16 bits per heavy atom. The number of aromatic nitrogens is 1. The van der Waals surface area contributed by atoms with Gasteiger partial charge in [0.1, 0.15) is 0 Å². The van der Waals surface area contributed by atoms with E-state index in [0.29, 0.717) is 24.3 Å². The molecular weight excluding hydrogens is 340 g/mol. The summed E-state index contributed by atoms with van der Waals surface area (Å²) in [7, 11) is -3.61. The lowest BCUT2D eigenvalue weighted by Crippen LogP contribution is -2.35. The van der Waals surface area contributed by atoms with Crippen molar-refractivity contribution in [2.24, 2.45) is 0 Å². The van der Waals surface area contributed by atoms with Gasteiger partial charge in [0.25, 0.3) is 16.1 Å². The Labute approximate surface area is 147 Å². The van der Waals surface area contributed by atoms with Crippen molar-refractivity contribution in [1.29, 1.82) is 0 Å². The van der Waals surface area contributed by atoms with E-state index in [9.17, 15) is 13.2 Å². The molecule has 132 valence electrons. The van der Waals surface area contributed by atoms with Crippen LogP contribution in [0.1, 0.15) is 29.3 Å². The van der Waals surface area contributed by atoms with E-state index >= 15 is 0 Å². The Morgan fingerprint density at radius 3 is 2.88 bits per heavy atom. The highest BCUT2D eigenvalue weighted by Gasteiger charge is 2.24. The molecule has 8 heteroatoms. The van der Waals surface area contributed by atoms with Gasteiger partial charge in [-0.2, -0.15) is 13.1 Å². The minimum Gasteiger partial charge on any atom is -0.308 e. The molecule has 0 saturated carbocycles. The van der Waals surface area contributed by atoms with E-state index in [4.69, 9.17) is 0 Å². The summed E-state index contributed by atoms with van der Waals surface area (Å²) in [5.41, 5.74) is 2.69. The van der Waals surface area contributed by atoms with Crippen LogP contribution in [-0.2, 0) is 16.6 Å². The molecule has 0 bridgehead atoms. The molecule has 2 heterocycles. The summed E-state index contributed by atoms with van der Waals surface area (Å²) < 4.78 is 28.6. The van der Waals surface area contributed by atoms with Crippen LogP contribution in [0.3, 0.4) is 0 Å². The van der Waals surface area contributed by atoms with Crippen molar-refractivity contribution < 1.29 is 13.2 Å². The van der Waals surface area contributed by atoms with Gasteiger partial charge in [-0.05, 0) is 42.7 Å². The summed E-state index contributed by atoms with van der Waals surface area (Å²) in [6.07, 6.45) is 4.87. The van der Waals surface area contributed by atoms with Crippen molar-refractivity contribution in [3.63, 3.8) is 0 Å². The Kier molecular flexibility index (Phi) is 5.00. The number of amides is 1. The molecule has 2 aromatic rings. The van der Waals surface area contributed by atoms with Gasteiger partial charge in [0.15, 0.2) is 0 Å². The largest absolute Gasteiger partial charge is 0.308 e. The van der Waals surface area contributed by atoms with E-state index in [0.717, 1.165) is 24.1 Å². The third-order valence-corrected chi connectivity index (χ3v) is 5.12. The van der Waals surface area contributed by atoms with E-state index in [1.54, 1.807) is 42.3 Å². The molecule has 1 aromatic carbocycles. The first-order valence-electron chi connectivity index (χ1n) is 8.12. The summed E-state index contributed by atoms with van der Waals surface area (Å²) in [4.78, 5) is 18.5. The molecule has 1 aromatic heterocycles. The lowest BCUT2D eigenvalue weighted by atomic mass is 10.0. The molecule has 0 aliphatic carbocycles. The third-order valence-electron chi connectivity index (χ3n) is 3.94. The van der Waals surface area contributed by atoms with E-state index in [1.807, 2.05) is 6.07 Å². The topological polar surface area (TPSA) is 91.4 Å². The molecule has 1 aliphatic rings. The van der Waals surface area contributed by atoms with Crippen LogP contribution in [0, 0.1) is 0 Å². The number of hydrogen-bond donors (Lipinski definition) is 2. The van der Waals surface area contributed by atoms with Gasteiger partial charge in [-0.1, -0.05) is 13.0 Å². The van der Waals surface area contributed by atoms with Crippen molar-refractivity contribution in [3.05, 3.63) is 53.9 Å². The monoisotopic (exact) mass is 360 g/mol. The second-order valence-electron chi connectivity index (χ2n) is 5.75. The number of pyridine rings is 1. The maximum atomic E-state index is 12.8. The fourth-order valence-electron chi connectivity index (χ4n) is 2.88. The van der Waals surface area contributed by atoms with Gasteiger partial charge in [-0.15, -0.1) is 0 Å². The second-order valence-corrected chi connectivity index (χ2v) is 7.25. The maximum Gasteiger partial charge on any atom is 0.299 e. The van der Waals surface area contributed by atoms with E-state index in [2.05, 4.69) is 14.4 Å². The molecular formula is C17H20N4O3S. The SMILES string of the molecule is CCNS(=O)(=O)Nc1ccc2c(c1)N(C(=O)c1cccnc1)CCC2. The van der Waals surface area contributed by atoms with Gasteiger partial charge in [-0.25, -0.2) is 0 Å². The predicted molar refractivity (Wildman–Crippen MR) is 96.9 cm³/mol. The molecule has 7 nitrogen and oxygen atoms in total. The lowest BCUT2D eigenvalue weighted by Gasteiger charge is -2.30. The van der Waals surface area contributed by atoms with Gasteiger partial charge < -0.3 is 4.90 Å². The zero-order valence-corrected chi connectivity index (χ0v) is 14.7. The van der Waals surface area contributed by atoms with Crippen molar-refractivity contribution in [2.75, 3.05) is 22.7 Å². The van der Waals surface area contributed by atoms with Crippen LogP contribution < -0.4 is 14.3 Å². The van der Waals surface area contributed by atoms with Gasteiger partial charge in [0.05, 0.1) is 11.3 Å². The minimum absolute atomic E-state index is 0.138. The Bertz CT molecular complexity index is 869. The molecule has 1 amide bonds. The molecule has 0 unspecified atom stereocenters. The van der Waals surface area contributed by atoms with Crippen LogP contribution in [0.5, 0.6) is 0 Å². The van der Waals surface area contributed by atoms with Crippen molar-refractivity contribution in [2.45, 2.75) is 19.8 Å². The molecule has 2 N–H and O–H groups in total. The quantitative estimate of drug-likeness (QED) is 0.852. The Balaban J connectivity index is 1.92. The number of aryl methyl sites for hydroxylation is 1. The highest BCUT2D eigenvalue weighted by molar-refractivity contribution is 7.90. The number of nitrogens with one attached hydrogen (secondary N) is 2. The summed E-state index contributed by atoms with van der Waals surface area (Å²) in [6.45, 7) is 2.59. The van der Waals surface area contributed by atoms with E-state index in [-0.39, 0.29) is 5.91 Å². The first-order chi connectivity index (χ1) is 12.0. The normalized spacial score (nSPS) is 14.0. The van der Waals surface area contributed by atoms with Crippen molar-refractivity contribution in [3.8, 4) is 0 Å². The van der Waals surface area contributed by atoms with Crippen molar-refractivity contribution in [1.82, 2.24) is 9.71 Å². The number of rotatable bonds is 5. The van der Waals surface area contributed by atoms with Crippen LogP contribution in [-0.4, -0.2) is 32.4 Å². The summed E-state index contributed by atoms with van der Waals surface area (Å²) in [5.74, 6) is -0.138. The van der Waals surface area contributed by atoms with Crippen LogP contribution >= 0.6 is 0 Å². The minimum atomic E-state index is -3.61. The fraction of sp³-hybridized carbons (Fsp3) is 0.294. The summed E-state index contributed by atoms with van der Waals surface area (Å²) >= 11 is 0. The molecule has 1 aliphatic heterocycles. The molecule has 0 radical (unpaired) electrons. The highest BCUT2D eigenvalue weighted by atomic mass is 32.2. The zero-order chi connectivity index (χ0) is 17.9. The third kappa shape index (κ3) is 3.97. The van der Waals surface area contributed by atoms with Crippen molar-refractivity contribution >= 4 is 27.5 Å². The van der Waals surface area contributed by atoms with E-state index < -0.39 is 10.2 Å². The average Bonchev–Trinajstić information content (AvgIpc) is 2.61. The molecule has 25 heavy (non-hydrogen) atoms. The summed E-state index contributed by atoms with van der Waals surface area (Å²) in [5, 5.41) is 0. The maximum absolute atomic E-state index is 12.8. The second kappa shape index (κ2) is 7.20. The van der Waals surface area contributed by atoms with Gasteiger partial charge >= 0.3 is 0 Å². The number of carbonyl (C=O) groups is 1. The lowest BCUT2D eigenvalue weighted by molar-refractivity contribution is 0.0985. The average molecular weight is 360 g/mol. The van der Waals surface area contributed by atoms with Gasteiger partial charge in [-0.3, -0.25) is 14.5 Å². The molecule has 0 saturated heterocycles. The van der Waals surface area contributed by atoms with Gasteiger partial charge in [0, 0.05) is 31.2 Å². The number of carbonyl (C=O) groups excluding carboxylic acids is 1. The smallest absolute Gasteiger partial charge is 0.299 e. The standard InChI is InChI=1S/C17H20N4O3S/c1-2-19-25(23,24)20-15-8-7-13-6-4-10-21(16(13)11-15)17(22)14-5-3-9-18-12-14/h3,5,7-9,11-12,19-20H,2,4,6,10H2,1H3. The fourth-order valence-corrected chi connectivity index (χ4v) is 3.76. The first kappa shape index (κ1) is 17.4. The number of fused-ring (bicyclic) bond motifs is 1. The zero-order valence-electron chi connectivity index (χ0n) is 13.9. The van der Waals surface area contributed by atoms with Crippen LogP contribution in [0.2, 0.25) is 0 Å². The predicted octanol–water partition coefficient (Wildman–Crippen LogP) is 1.94. The van der Waals surface area contributed by atoms with E-state index in [1.165, 1.54) is 6.20 Å². The number of nitrogens with zero attached hydrogens (tertiary/aromatic N) is 2. The Hall–Kier alpha value is -2.45. The van der Waals surface area contributed by atoms with Crippen LogP contribution in [0.4, 0.5) is 11.4 Å². The molecule has 3 rings (SSSR count). The molecule has 0 spiro atoms. The summed E-state index contributed by atoms with van der Waals surface area (Å²) in [6, 6.07) is 8.73. The molecule has 0 atom stereocenters. The van der Waals surface area contributed by atoms with Crippen LogP contribution in [0.15, 0.2) is 42.7 Å². The Morgan fingerprint density at radius 1 is 1.32 bits per heavy atom. The number of anilines is 2. The highest BCUT2D eigenvalue weighted by Crippen LogP contribution is 2.31. The number of hydrogen-bond acceptors (Lipinski definition) is 4. The van der Waals surface area contributed by atoms with Gasteiger partial charge in [0.2, 0.25) is 0 Å².